The Bertz CT molecular complexity index is 586. The molecule has 1 fully saturated rings. The van der Waals surface area contributed by atoms with Crippen LogP contribution in [0.25, 0.3) is 0 Å². The second-order valence-electron chi connectivity index (χ2n) is 6.76. The van der Waals surface area contributed by atoms with Crippen LogP contribution in [0.5, 0.6) is 5.75 Å². The molecule has 8 nitrogen and oxygen atoms in total. The first kappa shape index (κ1) is 26.9. The number of guanidine groups is 1. The number of rotatable bonds is 13. The third-order valence-corrected chi connectivity index (χ3v) is 4.55. The highest BCUT2D eigenvalue weighted by Gasteiger charge is 2.09. The molecule has 1 heterocycles. The van der Waals surface area contributed by atoms with E-state index in [-0.39, 0.29) is 24.0 Å². The van der Waals surface area contributed by atoms with Crippen LogP contribution in [0.2, 0.25) is 0 Å². The molecule has 0 radical (unpaired) electrons. The van der Waals surface area contributed by atoms with Crippen LogP contribution in [-0.4, -0.2) is 90.8 Å². The van der Waals surface area contributed by atoms with Gasteiger partial charge in [-0.1, -0.05) is 12.1 Å². The van der Waals surface area contributed by atoms with Crippen LogP contribution in [0.4, 0.5) is 0 Å². The van der Waals surface area contributed by atoms with Crippen molar-refractivity contribution >= 4 is 29.9 Å². The SMILES string of the molecule is CN=C(NCCCOCCOC)NCc1cccc(OCCN2CCOCC2)c1.I. The monoisotopic (exact) mass is 536 g/mol. The maximum absolute atomic E-state index is 5.92. The number of aliphatic imine (C=N–C) groups is 1. The van der Waals surface area contributed by atoms with Crippen molar-refractivity contribution in [2.24, 2.45) is 4.99 Å². The van der Waals surface area contributed by atoms with Crippen LogP contribution in [0.1, 0.15) is 12.0 Å². The van der Waals surface area contributed by atoms with Crippen LogP contribution in [0.3, 0.4) is 0 Å². The summed E-state index contributed by atoms with van der Waals surface area (Å²) in [4.78, 5) is 6.63. The molecule has 0 unspecified atom stereocenters. The fourth-order valence-electron chi connectivity index (χ4n) is 2.89. The fraction of sp³-hybridized carbons (Fsp3) is 0.667. The predicted octanol–water partition coefficient (Wildman–Crippen LogP) is 1.73. The Hall–Kier alpha value is -1.14. The number of benzene rings is 1. The van der Waals surface area contributed by atoms with Crippen LogP contribution in [0.15, 0.2) is 29.3 Å². The molecule has 30 heavy (non-hydrogen) atoms. The molecule has 1 aliphatic heterocycles. The minimum Gasteiger partial charge on any atom is -0.492 e. The standard InChI is InChI=1S/C21H36N4O4.HI/c1-22-21(23-7-4-11-27-16-15-26-2)24-18-19-5-3-6-20(17-19)29-14-10-25-8-12-28-13-9-25;/h3,5-6,17H,4,7-16,18H2,1-2H3,(H2,22,23,24);1H. The van der Waals surface area contributed by atoms with Gasteiger partial charge in [0.05, 0.1) is 26.4 Å². The molecule has 1 aromatic carbocycles. The van der Waals surface area contributed by atoms with E-state index in [0.717, 1.165) is 63.1 Å². The number of hydrogen-bond acceptors (Lipinski definition) is 6. The van der Waals surface area contributed by atoms with E-state index >= 15 is 0 Å². The largest absolute Gasteiger partial charge is 0.492 e. The van der Waals surface area contributed by atoms with Crippen molar-refractivity contribution in [3.63, 3.8) is 0 Å². The predicted molar refractivity (Wildman–Crippen MR) is 130 cm³/mol. The molecule has 2 rings (SSSR count). The lowest BCUT2D eigenvalue weighted by Gasteiger charge is -2.26. The van der Waals surface area contributed by atoms with Crippen LogP contribution in [-0.2, 0) is 20.8 Å². The number of hydrogen-bond donors (Lipinski definition) is 2. The molecular formula is C21H37IN4O4. The molecular weight excluding hydrogens is 499 g/mol. The van der Waals surface area contributed by atoms with Gasteiger partial charge in [0.25, 0.3) is 0 Å². The van der Waals surface area contributed by atoms with Crippen molar-refractivity contribution in [2.45, 2.75) is 13.0 Å². The number of ether oxygens (including phenoxy) is 4. The number of methoxy groups -OCH3 is 1. The fourth-order valence-corrected chi connectivity index (χ4v) is 2.89. The highest BCUT2D eigenvalue weighted by atomic mass is 127. The Balaban J connectivity index is 0.00000450. The van der Waals surface area contributed by atoms with Gasteiger partial charge >= 0.3 is 0 Å². The van der Waals surface area contributed by atoms with Gasteiger partial charge in [-0.3, -0.25) is 9.89 Å². The molecule has 2 N–H and O–H groups in total. The van der Waals surface area contributed by atoms with E-state index in [1.807, 2.05) is 12.1 Å². The van der Waals surface area contributed by atoms with Crippen LogP contribution in [0, 0.1) is 0 Å². The van der Waals surface area contributed by atoms with Gasteiger partial charge in [-0.2, -0.15) is 0 Å². The van der Waals surface area contributed by atoms with Crippen molar-refractivity contribution in [1.82, 2.24) is 15.5 Å². The average molecular weight is 536 g/mol. The Kier molecular flexibility index (Phi) is 15.7. The topological polar surface area (TPSA) is 76.6 Å². The van der Waals surface area contributed by atoms with Gasteiger partial charge in [-0.25, -0.2) is 0 Å². The first-order valence-electron chi connectivity index (χ1n) is 10.3. The third-order valence-electron chi connectivity index (χ3n) is 4.55. The van der Waals surface area contributed by atoms with Crippen LogP contribution >= 0.6 is 24.0 Å². The first-order chi connectivity index (χ1) is 14.3. The number of halogens is 1. The van der Waals surface area contributed by atoms with E-state index in [1.54, 1.807) is 14.2 Å². The summed E-state index contributed by atoms with van der Waals surface area (Å²) >= 11 is 0. The summed E-state index contributed by atoms with van der Waals surface area (Å²) in [5.41, 5.74) is 1.15. The van der Waals surface area contributed by atoms with E-state index in [9.17, 15) is 0 Å². The van der Waals surface area contributed by atoms with Crippen molar-refractivity contribution < 1.29 is 18.9 Å². The van der Waals surface area contributed by atoms with Crippen molar-refractivity contribution in [2.75, 3.05) is 80.0 Å². The summed E-state index contributed by atoms with van der Waals surface area (Å²) in [5.74, 6) is 1.68. The lowest BCUT2D eigenvalue weighted by molar-refractivity contribution is 0.0322. The van der Waals surface area contributed by atoms with Gasteiger partial charge in [0.1, 0.15) is 12.4 Å². The van der Waals surface area contributed by atoms with Crippen molar-refractivity contribution in [3.8, 4) is 5.75 Å². The van der Waals surface area contributed by atoms with Crippen LogP contribution < -0.4 is 15.4 Å². The summed E-state index contributed by atoms with van der Waals surface area (Å²) in [6, 6.07) is 8.18. The maximum Gasteiger partial charge on any atom is 0.191 e. The molecule has 1 aromatic rings. The molecule has 0 bridgehead atoms. The summed E-state index contributed by atoms with van der Waals surface area (Å²) < 4.78 is 21.7. The lowest BCUT2D eigenvalue weighted by Crippen LogP contribution is -2.38. The Morgan fingerprint density at radius 3 is 2.73 bits per heavy atom. The molecule has 172 valence electrons. The molecule has 1 aliphatic rings. The van der Waals surface area contributed by atoms with E-state index in [4.69, 9.17) is 18.9 Å². The second-order valence-corrected chi connectivity index (χ2v) is 6.76. The smallest absolute Gasteiger partial charge is 0.191 e. The van der Waals surface area contributed by atoms with Gasteiger partial charge in [-0.05, 0) is 24.1 Å². The normalized spacial score (nSPS) is 14.8. The minimum absolute atomic E-state index is 0. The van der Waals surface area contributed by atoms with E-state index in [1.165, 1.54) is 0 Å². The Labute approximate surface area is 197 Å². The van der Waals surface area contributed by atoms with Gasteiger partial charge in [0.2, 0.25) is 0 Å². The van der Waals surface area contributed by atoms with Gasteiger partial charge in [0.15, 0.2) is 5.96 Å². The molecule has 0 aliphatic carbocycles. The molecule has 0 aromatic heterocycles. The first-order valence-corrected chi connectivity index (χ1v) is 10.3. The highest BCUT2D eigenvalue weighted by molar-refractivity contribution is 14.0. The zero-order chi connectivity index (χ0) is 20.6. The molecule has 0 atom stereocenters. The summed E-state index contributed by atoms with van der Waals surface area (Å²) in [6.07, 6.45) is 0.914. The zero-order valence-corrected chi connectivity index (χ0v) is 20.6. The quantitative estimate of drug-likeness (QED) is 0.172. The average Bonchev–Trinajstić information content (AvgIpc) is 2.76. The van der Waals surface area contributed by atoms with E-state index in [2.05, 4.69) is 32.7 Å². The molecule has 9 heteroatoms. The molecule has 0 spiro atoms. The summed E-state index contributed by atoms with van der Waals surface area (Å²) in [6.45, 7) is 8.68. The highest BCUT2D eigenvalue weighted by Crippen LogP contribution is 2.13. The van der Waals surface area contributed by atoms with E-state index < -0.39 is 0 Å². The van der Waals surface area contributed by atoms with E-state index in [0.29, 0.717) is 33.0 Å². The summed E-state index contributed by atoms with van der Waals surface area (Å²) in [7, 11) is 3.45. The van der Waals surface area contributed by atoms with Gasteiger partial charge < -0.3 is 29.6 Å². The van der Waals surface area contributed by atoms with Crippen molar-refractivity contribution in [1.29, 1.82) is 0 Å². The van der Waals surface area contributed by atoms with Gasteiger partial charge in [-0.15, -0.1) is 24.0 Å². The molecule has 0 amide bonds. The molecule has 1 saturated heterocycles. The van der Waals surface area contributed by atoms with Crippen molar-refractivity contribution in [3.05, 3.63) is 29.8 Å². The molecule has 0 saturated carbocycles. The Morgan fingerprint density at radius 1 is 1.13 bits per heavy atom. The maximum atomic E-state index is 5.92. The lowest BCUT2D eigenvalue weighted by atomic mass is 10.2. The number of morpholine rings is 1. The third kappa shape index (κ3) is 11.9. The zero-order valence-electron chi connectivity index (χ0n) is 18.2. The number of nitrogens with zero attached hydrogens (tertiary/aromatic N) is 2. The Morgan fingerprint density at radius 2 is 1.97 bits per heavy atom. The second kappa shape index (κ2) is 17.5. The summed E-state index contributed by atoms with van der Waals surface area (Å²) in [5, 5.41) is 6.63. The number of nitrogens with one attached hydrogen (secondary N) is 2. The minimum atomic E-state index is 0. The van der Waals surface area contributed by atoms with Gasteiger partial charge in [0, 0.05) is 53.5 Å².